The Bertz CT molecular complexity index is 1480. The molecule has 2 saturated heterocycles. The number of carbonyl (C=O) groups excluding carboxylic acids is 4. The number of amides is 1. The molecule has 2 bridgehead atoms. The first-order valence-corrected chi connectivity index (χ1v) is 21.9. The van der Waals surface area contributed by atoms with Crippen LogP contribution in [-0.4, -0.2) is 113 Å². The highest BCUT2D eigenvalue weighted by molar-refractivity contribution is 6.39. The molecule has 1 amide bonds. The first-order chi connectivity index (χ1) is 27.5. The van der Waals surface area contributed by atoms with E-state index in [1.807, 2.05) is 32.1 Å². The largest absolute Gasteiger partial charge is 0.456 e. The van der Waals surface area contributed by atoms with Gasteiger partial charge < -0.3 is 39.2 Å². The molecule has 0 aromatic carbocycles. The first-order valence-electron chi connectivity index (χ1n) is 21.9. The van der Waals surface area contributed by atoms with E-state index >= 15 is 0 Å². The summed E-state index contributed by atoms with van der Waals surface area (Å²) in [6.45, 7) is 11.5. The van der Waals surface area contributed by atoms with Crippen molar-refractivity contribution in [2.24, 2.45) is 29.6 Å². The van der Waals surface area contributed by atoms with Gasteiger partial charge in [-0.05, 0) is 108 Å². The zero-order valence-electron chi connectivity index (χ0n) is 36.4. The third-order valence-electron chi connectivity index (χ3n) is 13.1. The average molecular weight is 816 g/mol. The number of unbranched alkanes of at least 4 members (excludes halogenated alkanes) is 1. The third kappa shape index (κ3) is 12.2. The van der Waals surface area contributed by atoms with Crippen molar-refractivity contribution in [3.8, 4) is 0 Å². The summed E-state index contributed by atoms with van der Waals surface area (Å²) in [5.74, 6) is -7.34. The van der Waals surface area contributed by atoms with E-state index in [4.69, 9.17) is 18.9 Å². The van der Waals surface area contributed by atoms with Gasteiger partial charge in [-0.2, -0.15) is 0 Å². The van der Waals surface area contributed by atoms with Gasteiger partial charge in [0, 0.05) is 44.9 Å². The number of methoxy groups -OCH3 is 2. The molecule has 11 atom stereocenters. The number of esters is 1. The maximum atomic E-state index is 14.3. The minimum absolute atomic E-state index is 0.0263. The van der Waals surface area contributed by atoms with Crippen LogP contribution < -0.4 is 0 Å². The number of aliphatic hydroxyl groups is 3. The van der Waals surface area contributed by atoms with Crippen molar-refractivity contribution in [3.63, 3.8) is 0 Å². The minimum Gasteiger partial charge on any atom is -0.456 e. The number of fused-ring (bicyclic) bond motifs is 3. The molecule has 1 aliphatic carbocycles. The second-order valence-electron chi connectivity index (χ2n) is 17.9. The predicted octanol–water partition coefficient (Wildman–Crippen LogP) is 6.18. The molecular formula is C46H73NO11. The highest BCUT2D eigenvalue weighted by Crippen LogP contribution is 2.39. The highest BCUT2D eigenvalue weighted by Gasteiger charge is 2.56. The Hall–Kier alpha value is -2.74. The number of carbonyl (C=O) groups is 4. The topological polar surface area (TPSA) is 169 Å². The number of piperidine rings is 1. The standard InChI is InChI=1S/C46H73NO11/c1-9-10-11-12-15-34-23-28(2)22-29(3)24-39(55-7)42-40(56-8)26-31(5)46(54,58-42)43(51)44(52)47-21-14-13-16-36(47)45(53)57-41(32(6)37(49)27-38(34)50)30(4)25-33-17-19-35(48)20-18-33/h11-12,23,25,29,31-37,39-42,48-49,54H,9-10,13-22,24,26-27H2,1-8H3/b12-11+,28-23+,30-25+/t29-,31+,32+,33?,34+,35?,36-,37-,39-,40-,41+,42+,46+/m0/s1. The van der Waals surface area contributed by atoms with E-state index in [1.165, 1.54) is 12.0 Å². The lowest BCUT2D eigenvalue weighted by Crippen LogP contribution is -2.64. The molecule has 3 N–H and O–H groups in total. The molecule has 4 aliphatic rings. The first kappa shape index (κ1) is 47.9. The summed E-state index contributed by atoms with van der Waals surface area (Å²) in [5, 5.41) is 34.0. The van der Waals surface area contributed by atoms with Crippen molar-refractivity contribution in [2.75, 3.05) is 20.8 Å². The Morgan fingerprint density at radius 1 is 0.948 bits per heavy atom. The van der Waals surface area contributed by atoms with Crippen LogP contribution in [0.15, 0.2) is 35.5 Å². The van der Waals surface area contributed by atoms with E-state index in [-0.39, 0.29) is 49.5 Å². The van der Waals surface area contributed by atoms with Crippen molar-refractivity contribution in [2.45, 2.75) is 180 Å². The lowest BCUT2D eigenvalue weighted by molar-refractivity contribution is -0.302. The zero-order chi connectivity index (χ0) is 42.7. The third-order valence-corrected chi connectivity index (χ3v) is 13.1. The lowest BCUT2D eigenvalue weighted by atomic mass is 9.82. The van der Waals surface area contributed by atoms with E-state index in [0.717, 1.165) is 31.3 Å². The normalized spacial score (nSPS) is 39.4. The summed E-state index contributed by atoms with van der Waals surface area (Å²) in [4.78, 5) is 58.1. The van der Waals surface area contributed by atoms with Gasteiger partial charge in [-0.1, -0.05) is 64.0 Å². The number of ether oxygens (including phenoxy) is 4. The highest BCUT2D eigenvalue weighted by atomic mass is 16.7. The van der Waals surface area contributed by atoms with E-state index in [1.54, 1.807) is 21.0 Å². The van der Waals surface area contributed by atoms with E-state index in [0.29, 0.717) is 50.5 Å². The van der Waals surface area contributed by atoms with Gasteiger partial charge in [-0.25, -0.2) is 4.79 Å². The van der Waals surface area contributed by atoms with Gasteiger partial charge in [-0.3, -0.25) is 14.4 Å². The smallest absolute Gasteiger partial charge is 0.329 e. The molecule has 0 unspecified atom stereocenters. The molecular weight excluding hydrogens is 743 g/mol. The maximum absolute atomic E-state index is 14.3. The molecule has 3 fully saturated rings. The molecule has 3 heterocycles. The summed E-state index contributed by atoms with van der Waals surface area (Å²) < 4.78 is 24.3. The van der Waals surface area contributed by atoms with Crippen LogP contribution in [0.4, 0.5) is 0 Å². The van der Waals surface area contributed by atoms with Crippen molar-refractivity contribution in [1.29, 1.82) is 0 Å². The molecule has 12 heteroatoms. The number of cyclic esters (lactones) is 1. The Kier molecular flexibility index (Phi) is 18.3. The monoisotopic (exact) mass is 816 g/mol. The van der Waals surface area contributed by atoms with Gasteiger partial charge in [0.25, 0.3) is 11.7 Å². The Morgan fingerprint density at radius 2 is 1.62 bits per heavy atom. The molecule has 4 rings (SSSR count). The second kappa shape index (κ2) is 22.2. The van der Waals surface area contributed by atoms with Crippen molar-refractivity contribution < 1.29 is 53.4 Å². The van der Waals surface area contributed by atoms with Crippen molar-refractivity contribution in [1.82, 2.24) is 4.90 Å². The van der Waals surface area contributed by atoms with E-state index in [2.05, 4.69) is 19.9 Å². The number of ketones is 2. The number of Topliss-reactive ketones (excluding diaryl/α,β-unsaturated/α-hetero) is 2. The SMILES string of the molecule is CCC/C=C/C[C@@H]1/C=C(\C)C[C@H](C)C[C@H](OC)[C@H]2O[C@@](O)(C(=O)C(=O)N3CCCC[C@H]3C(=O)O[C@H](/C(C)=C/C3CCC(O)CC3)[C@H](C)[C@@H](O)CC1=O)[C@H](C)C[C@@H]2OC. The van der Waals surface area contributed by atoms with Crippen LogP contribution >= 0.6 is 0 Å². The van der Waals surface area contributed by atoms with Crippen LogP contribution in [0.25, 0.3) is 0 Å². The van der Waals surface area contributed by atoms with Crippen LogP contribution in [0.5, 0.6) is 0 Å². The van der Waals surface area contributed by atoms with E-state index in [9.17, 15) is 34.5 Å². The predicted molar refractivity (Wildman–Crippen MR) is 220 cm³/mol. The summed E-state index contributed by atoms with van der Waals surface area (Å²) >= 11 is 0. The molecule has 0 radical (unpaired) electrons. The molecule has 1 saturated carbocycles. The number of nitrogens with zero attached hydrogens (tertiary/aromatic N) is 1. The molecule has 3 aliphatic heterocycles. The molecule has 58 heavy (non-hydrogen) atoms. The number of rotatable bonds is 8. The molecule has 328 valence electrons. The summed E-state index contributed by atoms with van der Waals surface area (Å²) in [6, 6.07) is -1.12. The van der Waals surface area contributed by atoms with E-state index < -0.39 is 77.8 Å². The van der Waals surface area contributed by atoms with Crippen LogP contribution in [0.3, 0.4) is 0 Å². The molecule has 0 aromatic heterocycles. The second-order valence-corrected chi connectivity index (χ2v) is 17.9. The summed E-state index contributed by atoms with van der Waals surface area (Å²) in [6.07, 6.45) is 11.5. The van der Waals surface area contributed by atoms with Crippen molar-refractivity contribution >= 4 is 23.4 Å². The Morgan fingerprint density at radius 3 is 2.28 bits per heavy atom. The number of aliphatic hydroxyl groups excluding tert-OH is 2. The minimum atomic E-state index is -2.50. The van der Waals surface area contributed by atoms with Crippen LogP contribution in [-0.2, 0) is 38.1 Å². The maximum Gasteiger partial charge on any atom is 0.329 e. The van der Waals surface area contributed by atoms with Crippen LogP contribution in [0.1, 0.15) is 131 Å². The quantitative estimate of drug-likeness (QED) is 0.145. The van der Waals surface area contributed by atoms with Gasteiger partial charge in [0.2, 0.25) is 5.79 Å². The zero-order valence-corrected chi connectivity index (χ0v) is 36.4. The van der Waals surface area contributed by atoms with Crippen LogP contribution in [0, 0.1) is 29.6 Å². The van der Waals surface area contributed by atoms with Gasteiger partial charge in [0.1, 0.15) is 24.0 Å². The van der Waals surface area contributed by atoms with Gasteiger partial charge in [-0.15, -0.1) is 0 Å². The van der Waals surface area contributed by atoms with Gasteiger partial charge >= 0.3 is 5.97 Å². The lowest BCUT2D eigenvalue weighted by Gasteiger charge is -2.47. The fourth-order valence-electron chi connectivity index (χ4n) is 9.49. The Balaban J connectivity index is 1.78. The number of hydrogen-bond donors (Lipinski definition) is 3. The van der Waals surface area contributed by atoms with Gasteiger partial charge in [0.05, 0.1) is 24.4 Å². The fraction of sp³-hybridized carbons (Fsp3) is 0.783. The summed E-state index contributed by atoms with van der Waals surface area (Å²) in [7, 11) is 3.08. The van der Waals surface area contributed by atoms with Gasteiger partial charge in [0.15, 0.2) is 0 Å². The Labute approximate surface area is 346 Å². The molecule has 0 spiro atoms. The number of allylic oxidation sites excluding steroid dienone is 5. The number of hydrogen-bond acceptors (Lipinski definition) is 11. The summed E-state index contributed by atoms with van der Waals surface area (Å²) in [5.41, 5.74) is 1.71. The molecule has 0 aromatic rings. The molecule has 12 nitrogen and oxygen atoms in total. The van der Waals surface area contributed by atoms with Crippen LogP contribution in [0.2, 0.25) is 0 Å². The van der Waals surface area contributed by atoms with Crippen molar-refractivity contribution in [3.05, 3.63) is 35.5 Å². The average Bonchev–Trinajstić information content (AvgIpc) is 3.20. The fourth-order valence-corrected chi connectivity index (χ4v) is 9.49.